The van der Waals surface area contributed by atoms with E-state index in [-0.39, 0.29) is 17.0 Å². The van der Waals surface area contributed by atoms with E-state index < -0.39 is 10.0 Å². The number of benzene rings is 2. The first-order chi connectivity index (χ1) is 13.0. The van der Waals surface area contributed by atoms with Crippen LogP contribution in [0.25, 0.3) is 0 Å². The van der Waals surface area contributed by atoms with Crippen molar-refractivity contribution in [3.05, 3.63) is 77.9 Å². The van der Waals surface area contributed by atoms with Crippen molar-refractivity contribution in [1.29, 1.82) is 0 Å². The van der Waals surface area contributed by atoms with Gasteiger partial charge in [-0.3, -0.25) is 0 Å². The third-order valence-corrected chi connectivity index (χ3v) is 6.19. The second-order valence-corrected chi connectivity index (χ2v) is 8.64. The van der Waals surface area contributed by atoms with Gasteiger partial charge in [0.1, 0.15) is 6.10 Å². The summed E-state index contributed by atoms with van der Waals surface area (Å²) in [5.74, 6) is 0.328. The van der Waals surface area contributed by atoms with Gasteiger partial charge in [-0.1, -0.05) is 54.1 Å². The van der Waals surface area contributed by atoms with Crippen molar-refractivity contribution in [2.75, 3.05) is 6.54 Å². The van der Waals surface area contributed by atoms with Crippen LogP contribution < -0.4 is 0 Å². The summed E-state index contributed by atoms with van der Waals surface area (Å²) in [5.41, 5.74) is 2.09. The minimum absolute atomic E-state index is 0.107. The Hall–Kier alpha value is -2.60. The zero-order valence-corrected chi connectivity index (χ0v) is 16.0. The predicted octanol–water partition coefficient (Wildman–Crippen LogP) is 3.52. The number of amidine groups is 1. The molecule has 2 aromatic carbocycles. The van der Waals surface area contributed by atoms with E-state index in [4.69, 9.17) is 4.74 Å². The number of fused-ring (bicyclic) bond motifs is 1. The smallest absolute Gasteiger partial charge is 0.304 e. The highest BCUT2D eigenvalue weighted by molar-refractivity contribution is 7.90. The van der Waals surface area contributed by atoms with Gasteiger partial charge < -0.3 is 9.64 Å². The van der Waals surface area contributed by atoms with E-state index in [2.05, 4.69) is 10.5 Å². The monoisotopic (exact) mass is 382 g/mol. The summed E-state index contributed by atoms with van der Waals surface area (Å²) in [7, 11) is -3.83. The fraction of sp³-hybridized carbons (Fsp3) is 0.286. The third-order valence-electron chi connectivity index (χ3n) is 4.93. The third kappa shape index (κ3) is 3.90. The molecule has 0 unspecified atom stereocenters. The highest BCUT2D eigenvalue weighted by Gasteiger charge is 2.36. The molecule has 0 spiro atoms. The highest BCUT2D eigenvalue weighted by Crippen LogP contribution is 2.29. The van der Waals surface area contributed by atoms with E-state index in [1.54, 1.807) is 24.3 Å². The molecular formula is C21H22N2O3S. The van der Waals surface area contributed by atoms with E-state index in [0.717, 1.165) is 24.1 Å². The van der Waals surface area contributed by atoms with Crippen LogP contribution in [0.5, 0.6) is 0 Å². The SMILES string of the molecule is Cc1ccc(S(=O)(=O)/N=C2\O[C@H]3C=CC[C@H]3CN2Cc2ccccc2)cc1. The van der Waals surface area contributed by atoms with Crippen molar-refractivity contribution < 1.29 is 13.2 Å². The lowest BCUT2D eigenvalue weighted by Crippen LogP contribution is -2.46. The van der Waals surface area contributed by atoms with Crippen molar-refractivity contribution in [2.24, 2.45) is 10.3 Å². The predicted molar refractivity (Wildman–Crippen MR) is 105 cm³/mol. The van der Waals surface area contributed by atoms with E-state index in [1.165, 1.54) is 0 Å². The van der Waals surface area contributed by atoms with Gasteiger partial charge in [-0.05, 0) is 37.1 Å². The molecule has 0 bridgehead atoms. The molecule has 2 atom stereocenters. The van der Waals surface area contributed by atoms with E-state index >= 15 is 0 Å². The molecule has 0 N–H and O–H groups in total. The summed E-state index contributed by atoms with van der Waals surface area (Å²) in [6, 6.07) is 16.8. The van der Waals surface area contributed by atoms with Gasteiger partial charge in [-0.2, -0.15) is 8.42 Å². The van der Waals surface area contributed by atoms with Crippen molar-refractivity contribution in [3.63, 3.8) is 0 Å². The highest BCUT2D eigenvalue weighted by atomic mass is 32.2. The minimum Gasteiger partial charge on any atom is -0.456 e. The summed E-state index contributed by atoms with van der Waals surface area (Å²) in [6.07, 6.45) is 4.92. The maximum atomic E-state index is 12.8. The van der Waals surface area contributed by atoms with E-state index in [1.807, 2.05) is 48.2 Å². The summed E-state index contributed by atoms with van der Waals surface area (Å²) in [4.78, 5) is 2.10. The molecule has 0 amide bonds. The lowest BCUT2D eigenvalue weighted by atomic mass is 10.0. The zero-order chi connectivity index (χ0) is 18.9. The van der Waals surface area contributed by atoms with Crippen LogP contribution >= 0.6 is 0 Å². The number of nitrogens with zero attached hydrogens (tertiary/aromatic N) is 2. The lowest BCUT2D eigenvalue weighted by Gasteiger charge is -2.37. The molecule has 1 saturated heterocycles. The molecule has 1 aliphatic heterocycles. The summed E-state index contributed by atoms with van der Waals surface area (Å²) >= 11 is 0. The van der Waals surface area contributed by atoms with E-state index in [9.17, 15) is 8.42 Å². The van der Waals surface area contributed by atoms with Crippen LogP contribution in [0, 0.1) is 12.8 Å². The van der Waals surface area contributed by atoms with Gasteiger partial charge in [0.05, 0.1) is 4.90 Å². The number of sulfonamides is 1. The fourth-order valence-corrected chi connectivity index (χ4v) is 4.38. The van der Waals surface area contributed by atoms with Crippen LogP contribution in [0.3, 0.4) is 0 Å². The normalized spacial score (nSPS) is 23.3. The van der Waals surface area contributed by atoms with Crippen molar-refractivity contribution in [2.45, 2.75) is 30.9 Å². The number of hydrogen-bond acceptors (Lipinski definition) is 3. The minimum atomic E-state index is -3.83. The van der Waals surface area contributed by atoms with Crippen LogP contribution in [0.2, 0.25) is 0 Å². The number of aryl methyl sites for hydroxylation is 1. The number of rotatable bonds is 4. The van der Waals surface area contributed by atoms with Crippen molar-refractivity contribution in [1.82, 2.24) is 4.90 Å². The molecule has 5 nitrogen and oxygen atoms in total. The maximum Gasteiger partial charge on any atom is 0.304 e. The molecule has 0 aromatic heterocycles. The Bertz CT molecular complexity index is 966. The Kier molecular flexibility index (Phi) is 4.74. The van der Waals surface area contributed by atoms with Crippen LogP contribution in [0.4, 0.5) is 0 Å². The topological polar surface area (TPSA) is 59.0 Å². The Labute approximate surface area is 160 Å². The van der Waals surface area contributed by atoms with Gasteiger partial charge in [0.2, 0.25) is 0 Å². The first-order valence-electron chi connectivity index (χ1n) is 9.05. The first kappa shape index (κ1) is 17.8. The second-order valence-electron chi connectivity index (χ2n) is 7.03. The van der Waals surface area contributed by atoms with Gasteiger partial charge in [0, 0.05) is 19.0 Å². The molecule has 4 rings (SSSR count). The lowest BCUT2D eigenvalue weighted by molar-refractivity contribution is 0.0772. The Morgan fingerprint density at radius 1 is 1.11 bits per heavy atom. The quantitative estimate of drug-likeness (QED) is 0.759. The largest absolute Gasteiger partial charge is 0.456 e. The van der Waals surface area contributed by atoms with Crippen LogP contribution in [-0.2, 0) is 21.3 Å². The second kappa shape index (κ2) is 7.19. The molecule has 2 aromatic rings. The number of allylic oxidation sites excluding steroid dienone is 1. The molecule has 1 fully saturated rings. The average Bonchev–Trinajstić information content (AvgIpc) is 3.10. The summed E-state index contributed by atoms with van der Waals surface area (Å²) in [5, 5.41) is 0. The molecule has 0 radical (unpaired) electrons. The molecule has 0 saturated carbocycles. The Balaban J connectivity index is 1.66. The standard InChI is InChI=1S/C21H22N2O3S/c1-16-10-12-19(13-11-16)27(24,25)22-21-23(14-17-6-3-2-4-7-17)15-18-8-5-9-20(18)26-21/h2-7,9-13,18,20H,8,14-15H2,1H3/b22-21-/t18-,20-/m0/s1. The van der Waals surface area contributed by atoms with E-state index in [0.29, 0.717) is 12.5 Å². The van der Waals surface area contributed by atoms with Gasteiger partial charge in [0.15, 0.2) is 0 Å². The van der Waals surface area contributed by atoms with Gasteiger partial charge >= 0.3 is 6.02 Å². The van der Waals surface area contributed by atoms with Crippen LogP contribution in [0.1, 0.15) is 17.5 Å². The summed E-state index contributed by atoms with van der Waals surface area (Å²) < 4.78 is 35.6. The molecule has 140 valence electrons. The van der Waals surface area contributed by atoms with Gasteiger partial charge in [-0.15, -0.1) is 4.40 Å². The number of ether oxygens (including phenoxy) is 1. The first-order valence-corrected chi connectivity index (χ1v) is 10.5. The van der Waals surface area contributed by atoms with Crippen molar-refractivity contribution >= 4 is 16.0 Å². The molecule has 27 heavy (non-hydrogen) atoms. The maximum absolute atomic E-state index is 12.8. The Morgan fingerprint density at radius 3 is 2.59 bits per heavy atom. The fourth-order valence-electron chi connectivity index (χ4n) is 3.43. The number of hydrogen-bond donors (Lipinski definition) is 0. The van der Waals surface area contributed by atoms with Crippen LogP contribution in [-0.4, -0.2) is 32.0 Å². The van der Waals surface area contributed by atoms with Crippen LogP contribution in [0.15, 0.2) is 76.0 Å². The zero-order valence-electron chi connectivity index (χ0n) is 15.2. The molecular weight excluding hydrogens is 360 g/mol. The van der Waals surface area contributed by atoms with Gasteiger partial charge in [0.25, 0.3) is 10.0 Å². The molecule has 6 heteroatoms. The molecule has 1 heterocycles. The average molecular weight is 382 g/mol. The van der Waals surface area contributed by atoms with Crippen molar-refractivity contribution in [3.8, 4) is 0 Å². The molecule has 2 aliphatic rings. The Morgan fingerprint density at radius 2 is 1.85 bits per heavy atom. The molecule has 1 aliphatic carbocycles. The summed E-state index contributed by atoms with van der Waals surface area (Å²) in [6.45, 7) is 3.20. The van der Waals surface area contributed by atoms with Gasteiger partial charge in [-0.25, -0.2) is 0 Å².